The van der Waals surface area contributed by atoms with Crippen molar-refractivity contribution < 1.29 is 9.13 Å². The maximum Gasteiger partial charge on any atom is 0.127 e. The van der Waals surface area contributed by atoms with Crippen molar-refractivity contribution in [2.75, 3.05) is 13.7 Å². The summed E-state index contributed by atoms with van der Waals surface area (Å²) in [5.74, 6) is 0.672. The lowest BCUT2D eigenvalue weighted by molar-refractivity contribution is 0.313. The first kappa shape index (κ1) is 10.4. The number of hydrogen-bond acceptors (Lipinski definition) is 2. The van der Waals surface area contributed by atoms with Crippen LogP contribution in [0, 0.1) is 12.7 Å². The second kappa shape index (κ2) is 4.19. The van der Waals surface area contributed by atoms with Gasteiger partial charge in [-0.3, -0.25) is 0 Å². The number of benzene rings is 1. The summed E-state index contributed by atoms with van der Waals surface area (Å²) in [7, 11) is 1.90. The van der Waals surface area contributed by atoms with Crippen molar-refractivity contribution in [1.82, 2.24) is 5.32 Å². The number of nitrogens with one attached hydrogen (secondary N) is 1. The van der Waals surface area contributed by atoms with E-state index in [9.17, 15) is 4.39 Å². The van der Waals surface area contributed by atoms with E-state index < -0.39 is 0 Å². The lowest BCUT2D eigenvalue weighted by atomic mass is 10.00. The molecule has 0 saturated carbocycles. The molecule has 0 aromatic heterocycles. The number of rotatable bonds is 1. The molecule has 0 amide bonds. The summed E-state index contributed by atoms with van der Waals surface area (Å²) in [5.41, 5.74) is 1.83. The molecular weight excluding hydrogens is 193 g/mol. The highest BCUT2D eigenvalue weighted by molar-refractivity contribution is 5.43. The van der Waals surface area contributed by atoms with Gasteiger partial charge in [-0.05, 0) is 44.5 Å². The Labute approximate surface area is 89.4 Å². The van der Waals surface area contributed by atoms with Crippen molar-refractivity contribution >= 4 is 0 Å². The van der Waals surface area contributed by atoms with Crippen LogP contribution in [0.4, 0.5) is 4.39 Å². The van der Waals surface area contributed by atoms with Gasteiger partial charge < -0.3 is 10.1 Å². The molecule has 0 saturated heterocycles. The summed E-state index contributed by atoms with van der Waals surface area (Å²) in [6.07, 6.45) is 1.99. The van der Waals surface area contributed by atoms with Crippen LogP contribution in [-0.2, 0) is 0 Å². The molecule has 0 spiro atoms. The first-order chi connectivity index (χ1) is 7.22. The molecule has 1 aromatic carbocycles. The van der Waals surface area contributed by atoms with Crippen molar-refractivity contribution in [3.8, 4) is 5.75 Å². The molecule has 1 atom stereocenters. The molecule has 15 heavy (non-hydrogen) atoms. The summed E-state index contributed by atoms with van der Waals surface area (Å²) >= 11 is 0. The van der Waals surface area contributed by atoms with Crippen LogP contribution in [0.5, 0.6) is 5.75 Å². The highest BCUT2D eigenvalue weighted by atomic mass is 19.1. The zero-order chi connectivity index (χ0) is 10.8. The summed E-state index contributed by atoms with van der Waals surface area (Å²) in [5, 5.41) is 3.21. The molecular formula is C12H16FNO. The molecule has 1 N–H and O–H groups in total. The predicted molar refractivity (Wildman–Crippen MR) is 57.7 cm³/mol. The molecule has 2 nitrogen and oxygen atoms in total. The van der Waals surface area contributed by atoms with Crippen molar-refractivity contribution in [2.24, 2.45) is 0 Å². The lowest BCUT2D eigenvalue weighted by Crippen LogP contribution is -2.16. The van der Waals surface area contributed by atoms with Gasteiger partial charge in [0.15, 0.2) is 0 Å². The Kier molecular flexibility index (Phi) is 2.91. The fourth-order valence-corrected chi connectivity index (χ4v) is 2.13. The fraction of sp³-hybridized carbons (Fsp3) is 0.500. The van der Waals surface area contributed by atoms with Gasteiger partial charge in [0.2, 0.25) is 0 Å². The number of fused-ring (bicyclic) bond motifs is 1. The Morgan fingerprint density at radius 1 is 1.47 bits per heavy atom. The van der Waals surface area contributed by atoms with E-state index in [0.717, 1.165) is 36.3 Å². The van der Waals surface area contributed by atoms with Crippen molar-refractivity contribution in [2.45, 2.75) is 25.8 Å². The molecule has 1 heterocycles. The summed E-state index contributed by atoms with van der Waals surface area (Å²) in [4.78, 5) is 0. The van der Waals surface area contributed by atoms with Crippen LogP contribution < -0.4 is 10.1 Å². The number of hydrogen-bond donors (Lipinski definition) is 1. The van der Waals surface area contributed by atoms with E-state index in [1.54, 1.807) is 6.07 Å². The Bertz CT molecular complexity index is 365. The zero-order valence-electron chi connectivity index (χ0n) is 9.14. The second-order valence-corrected chi connectivity index (χ2v) is 3.97. The van der Waals surface area contributed by atoms with E-state index in [1.807, 2.05) is 14.0 Å². The molecule has 1 aromatic rings. The third-order valence-electron chi connectivity index (χ3n) is 2.88. The predicted octanol–water partition coefficient (Wildman–Crippen LogP) is 2.57. The Morgan fingerprint density at radius 2 is 2.27 bits per heavy atom. The van der Waals surface area contributed by atoms with Gasteiger partial charge in [0.1, 0.15) is 11.6 Å². The van der Waals surface area contributed by atoms with Gasteiger partial charge in [-0.1, -0.05) is 0 Å². The molecule has 0 fully saturated rings. The maximum absolute atomic E-state index is 13.3. The normalized spacial score (nSPS) is 20.3. The topological polar surface area (TPSA) is 21.3 Å². The van der Waals surface area contributed by atoms with Crippen LogP contribution in [0.1, 0.15) is 30.0 Å². The van der Waals surface area contributed by atoms with Gasteiger partial charge in [-0.2, -0.15) is 0 Å². The van der Waals surface area contributed by atoms with E-state index in [2.05, 4.69) is 5.32 Å². The minimum absolute atomic E-state index is 0.183. The monoisotopic (exact) mass is 209 g/mol. The Hall–Kier alpha value is -1.09. The molecule has 1 unspecified atom stereocenters. The molecule has 82 valence electrons. The molecule has 0 bridgehead atoms. The highest BCUT2D eigenvalue weighted by Crippen LogP contribution is 2.34. The van der Waals surface area contributed by atoms with Crippen LogP contribution in [0.15, 0.2) is 12.1 Å². The fourth-order valence-electron chi connectivity index (χ4n) is 2.13. The summed E-state index contributed by atoms with van der Waals surface area (Å²) < 4.78 is 19.0. The van der Waals surface area contributed by atoms with Crippen molar-refractivity contribution in [3.63, 3.8) is 0 Å². The van der Waals surface area contributed by atoms with Crippen LogP contribution in [0.25, 0.3) is 0 Å². The van der Waals surface area contributed by atoms with Gasteiger partial charge in [-0.15, -0.1) is 0 Å². The van der Waals surface area contributed by atoms with Crippen LogP contribution >= 0.6 is 0 Å². The first-order valence-electron chi connectivity index (χ1n) is 5.32. The second-order valence-electron chi connectivity index (χ2n) is 3.97. The van der Waals surface area contributed by atoms with Crippen LogP contribution in [0.3, 0.4) is 0 Å². The largest absolute Gasteiger partial charge is 0.493 e. The molecule has 0 aliphatic carbocycles. The number of aryl methyl sites for hydroxylation is 1. The third kappa shape index (κ3) is 1.97. The van der Waals surface area contributed by atoms with Crippen molar-refractivity contribution in [3.05, 3.63) is 29.1 Å². The van der Waals surface area contributed by atoms with E-state index in [0.29, 0.717) is 0 Å². The van der Waals surface area contributed by atoms with Crippen LogP contribution in [0.2, 0.25) is 0 Å². The van der Waals surface area contributed by atoms with Gasteiger partial charge >= 0.3 is 0 Å². The van der Waals surface area contributed by atoms with Crippen LogP contribution in [-0.4, -0.2) is 13.7 Å². The highest BCUT2D eigenvalue weighted by Gasteiger charge is 2.20. The number of ether oxygens (including phenoxy) is 1. The molecule has 3 heteroatoms. The summed E-state index contributed by atoms with van der Waals surface area (Å²) in [6.45, 7) is 2.61. The number of halogens is 1. The lowest BCUT2D eigenvalue weighted by Gasteiger charge is -2.17. The smallest absolute Gasteiger partial charge is 0.127 e. The molecule has 2 rings (SSSR count). The molecule has 1 aliphatic heterocycles. The van der Waals surface area contributed by atoms with E-state index in [-0.39, 0.29) is 11.9 Å². The Morgan fingerprint density at radius 3 is 3.00 bits per heavy atom. The third-order valence-corrected chi connectivity index (χ3v) is 2.88. The van der Waals surface area contributed by atoms with E-state index >= 15 is 0 Å². The maximum atomic E-state index is 13.3. The van der Waals surface area contributed by atoms with E-state index in [1.165, 1.54) is 6.07 Å². The Balaban J connectivity index is 2.50. The minimum Gasteiger partial charge on any atom is -0.493 e. The average Bonchev–Trinajstić information content (AvgIpc) is 2.39. The van der Waals surface area contributed by atoms with Gasteiger partial charge in [0.05, 0.1) is 6.61 Å². The average molecular weight is 209 g/mol. The van der Waals surface area contributed by atoms with Gasteiger partial charge in [0, 0.05) is 11.6 Å². The van der Waals surface area contributed by atoms with Gasteiger partial charge in [0.25, 0.3) is 0 Å². The quantitative estimate of drug-likeness (QED) is 0.767. The minimum atomic E-state index is -0.183. The summed E-state index contributed by atoms with van der Waals surface area (Å²) in [6, 6.07) is 3.31. The molecule has 1 aliphatic rings. The van der Waals surface area contributed by atoms with Gasteiger partial charge in [-0.25, -0.2) is 4.39 Å². The van der Waals surface area contributed by atoms with Crippen molar-refractivity contribution in [1.29, 1.82) is 0 Å². The van der Waals surface area contributed by atoms with E-state index in [4.69, 9.17) is 4.74 Å². The standard InChI is InChI=1S/C12H16FNO/c1-8-6-9(13)7-10-11(14-2)4-3-5-15-12(8)10/h6-7,11,14H,3-5H2,1-2H3. The molecule has 0 radical (unpaired) electrons. The first-order valence-corrected chi connectivity index (χ1v) is 5.32. The SMILES string of the molecule is CNC1CCCOc2c(C)cc(F)cc21. The zero-order valence-corrected chi connectivity index (χ0v) is 9.14.